The zero-order valence-electron chi connectivity index (χ0n) is 6.74. The SMILES string of the molecule is C[C@H](O)[C@@H](N)c1ccc(I)nc1. The van der Waals surface area contributed by atoms with Crippen molar-refractivity contribution in [2.24, 2.45) is 5.73 Å². The van der Waals surface area contributed by atoms with Crippen LogP contribution in [0.5, 0.6) is 0 Å². The highest BCUT2D eigenvalue weighted by molar-refractivity contribution is 14.1. The molecule has 0 saturated heterocycles. The Kier molecular flexibility index (Phi) is 3.42. The summed E-state index contributed by atoms with van der Waals surface area (Å²) in [6.45, 7) is 1.67. The second-order valence-electron chi connectivity index (χ2n) is 2.68. The molecular formula is C8H11IN2O. The normalized spacial score (nSPS) is 15.7. The minimum atomic E-state index is -0.535. The highest BCUT2D eigenvalue weighted by Crippen LogP contribution is 2.13. The number of aliphatic hydroxyl groups excluding tert-OH is 1. The lowest BCUT2D eigenvalue weighted by Gasteiger charge is -2.14. The number of hydrogen-bond acceptors (Lipinski definition) is 3. The van der Waals surface area contributed by atoms with E-state index in [2.05, 4.69) is 27.6 Å². The van der Waals surface area contributed by atoms with Crippen molar-refractivity contribution >= 4 is 22.6 Å². The lowest BCUT2D eigenvalue weighted by Crippen LogP contribution is -2.23. The van der Waals surface area contributed by atoms with Crippen LogP contribution in [0.25, 0.3) is 0 Å². The molecule has 3 N–H and O–H groups in total. The van der Waals surface area contributed by atoms with Crippen molar-refractivity contribution in [1.29, 1.82) is 0 Å². The van der Waals surface area contributed by atoms with Crippen LogP contribution in [0.2, 0.25) is 0 Å². The molecule has 0 aliphatic heterocycles. The molecule has 1 rings (SSSR count). The number of pyridine rings is 1. The van der Waals surface area contributed by atoms with E-state index in [0.29, 0.717) is 0 Å². The van der Waals surface area contributed by atoms with Crippen LogP contribution in [0.3, 0.4) is 0 Å². The fraction of sp³-hybridized carbons (Fsp3) is 0.375. The zero-order chi connectivity index (χ0) is 9.14. The van der Waals surface area contributed by atoms with Gasteiger partial charge in [0.05, 0.1) is 12.1 Å². The molecular weight excluding hydrogens is 267 g/mol. The molecule has 0 radical (unpaired) electrons. The van der Waals surface area contributed by atoms with Gasteiger partial charge in [0.15, 0.2) is 0 Å². The Morgan fingerprint density at radius 3 is 2.67 bits per heavy atom. The predicted octanol–water partition coefficient (Wildman–Crippen LogP) is 1.07. The van der Waals surface area contributed by atoms with E-state index in [1.165, 1.54) is 0 Å². The highest BCUT2D eigenvalue weighted by Gasteiger charge is 2.11. The molecule has 1 heterocycles. The van der Waals surface area contributed by atoms with Crippen LogP contribution < -0.4 is 5.73 Å². The lowest BCUT2D eigenvalue weighted by atomic mass is 10.1. The topological polar surface area (TPSA) is 59.1 Å². The average Bonchev–Trinajstić information content (AvgIpc) is 2.04. The number of aliphatic hydroxyl groups is 1. The number of halogens is 1. The maximum absolute atomic E-state index is 9.19. The Balaban J connectivity index is 2.82. The van der Waals surface area contributed by atoms with Crippen molar-refractivity contribution in [2.45, 2.75) is 19.1 Å². The zero-order valence-corrected chi connectivity index (χ0v) is 8.89. The van der Waals surface area contributed by atoms with E-state index in [1.54, 1.807) is 13.1 Å². The number of nitrogens with zero attached hydrogens (tertiary/aromatic N) is 1. The van der Waals surface area contributed by atoms with Crippen molar-refractivity contribution in [3.8, 4) is 0 Å². The quantitative estimate of drug-likeness (QED) is 0.628. The third-order valence-corrected chi connectivity index (χ3v) is 2.29. The van der Waals surface area contributed by atoms with Gasteiger partial charge < -0.3 is 10.8 Å². The summed E-state index contributed by atoms with van der Waals surface area (Å²) in [7, 11) is 0. The smallest absolute Gasteiger partial charge is 0.101 e. The van der Waals surface area contributed by atoms with Crippen molar-refractivity contribution in [1.82, 2.24) is 4.98 Å². The molecule has 12 heavy (non-hydrogen) atoms. The average molecular weight is 278 g/mol. The van der Waals surface area contributed by atoms with Crippen molar-refractivity contribution < 1.29 is 5.11 Å². The van der Waals surface area contributed by atoms with Crippen molar-refractivity contribution in [3.05, 3.63) is 27.6 Å². The van der Waals surface area contributed by atoms with Gasteiger partial charge in [-0.1, -0.05) is 6.07 Å². The van der Waals surface area contributed by atoms with Crippen LogP contribution in [0.15, 0.2) is 18.3 Å². The highest BCUT2D eigenvalue weighted by atomic mass is 127. The van der Waals surface area contributed by atoms with Gasteiger partial charge in [0.25, 0.3) is 0 Å². The van der Waals surface area contributed by atoms with E-state index in [-0.39, 0.29) is 6.04 Å². The Labute approximate surface area is 85.1 Å². The fourth-order valence-corrected chi connectivity index (χ4v) is 1.18. The maximum atomic E-state index is 9.19. The minimum absolute atomic E-state index is 0.338. The molecule has 0 bridgehead atoms. The molecule has 0 aliphatic rings. The predicted molar refractivity (Wildman–Crippen MR) is 55.6 cm³/mol. The molecule has 0 saturated carbocycles. The third-order valence-electron chi connectivity index (χ3n) is 1.65. The van der Waals surface area contributed by atoms with Crippen molar-refractivity contribution in [2.75, 3.05) is 0 Å². The Morgan fingerprint density at radius 1 is 1.58 bits per heavy atom. The van der Waals surface area contributed by atoms with Crippen LogP contribution in [0, 0.1) is 3.70 Å². The first-order valence-corrected chi connectivity index (χ1v) is 4.74. The molecule has 1 aromatic heterocycles. The van der Waals surface area contributed by atoms with Gasteiger partial charge in [-0.15, -0.1) is 0 Å². The first-order chi connectivity index (χ1) is 5.61. The Bertz CT molecular complexity index is 248. The van der Waals surface area contributed by atoms with E-state index < -0.39 is 6.10 Å². The summed E-state index contributed by atoms with van der Waals surface area (Å²) >= 11 is 2.12. The van der Waals surface area contributed by atoms with Gasteiger partial charge >= 0.3 is 0 Å². The summed E-state index contributed by atoms with van der Waals surface area (Å²) < 4.78 is 0.925. The molecule has 2 atom stereocenters. The number of rotatable bonds is 2. The molecule has 0 fully saturated rings. The molecule has 3 nitrogen and oxygen atoms in total. The summed E-state index contributed by atoms with van der Waals surface area (Å²) in [6, 6.07) is 3.42. The second-order valence-corrected chi connectivity index (χ2v) is 3.79. The van der Waals surface area contributed by atoms with Gasteiger partial charge in [-0.25, -0.2) is 4.98 Å². The summed E-state index contributed by atoms with van der Waals surface area (Å²) in [5.74, 6) is 0. The van der Waals surface area contributed by atoms with Gasteiger partial charge in [0.2, 0.25) is 0 Å². The summed E-state index contributed by atoms with van der Waals surface area (Å²) in [4.78, 5) is 4.08. The largest absolute Gasteiger partial charge is 0.391 e. The molecule has 0 aliphatic carbocycles. The first kappa shape index (κ1) is 9.88. The summed E-state index contributed by atoms with van der Waals surface area (Å²) in [6.07, 6.45) is 1.16. The van der Waals surface area contributed by atoms with Crippen molar-refractivity contribution in [3.63, 3.8) is 0 Å². The van der Waals surface area contributed by atoms with E-state index in [0.717, 1.165) is 9.26 Å². The van der Waals surface area contributed by atoms with Crippen LogP contribution >= 0.6 is 22.6 Å². The Hall–Kier alpha value is -0.200. The van der Waals surface area contributed by atoms with Gasteiger partial charge in [0, 0.05) is 6.20 Å². The van der Waals surface area contributed by atoms with Gasteiger partial charge in [-0.2, -0.15) is 0 Å². The van der Waals surface area contributed by atoms with E-state index in [9.17, 15) is 5.11 Å². The van der Waals surface area contributed by atoms with Gasteiger partial charge in [0.1, 0.15) is 3.70 Å². The van der Waals surface area contributed by atoms with Crippen LogP contribution in [-0.2, 0) is 0 Å². The molecule has 0 amide bonds. The molecule has 4 heteroatoms. The lowest BCUT2D eigenvalue weighted by molar-refractivity contribution is 0.164. The molecule has 1 aromatic rings. The molecule has 66 valence electrons. The summed E-state index contributed by atoms with van der Waals surface area (Å²) in [5.41, 5.74) is 6.56. The van der Waals surface area contributed by atoms with Crippen LogP contribution in [-0.4, -0.2) is 16.2 Å². The van der Waals surface area contributed by atoms with Gasteiger partial charge in [-0.3, -0.25) is 0 Å². The molecule has 0 unspecified atom stereocenters. The number of nitrogens with two attached hydrogens (primary N) is 1. The maximum Gasteiger partial charge on any atom is 0.101 e. The van der Waals surface area contributed by atoms with Crippen LogP contribution in [0.4, 0.5) is 0 Å². The molecule has 0 spiro atoms. The number of aromatic nitrogens is 1. The Morgan fingerprint density at radius 2 is 2.25 bits per heavy atom. The van der Waals surface area contributed by atoms with Crippen LogP contribution in [0.1, 0.15) is 18.5 Å². The first-order valence-electron chi connectivity index (χ1n) is 3.66. The molecule has 0 aromatic carbocycles. The monoisotopic (exact) mass is 278 g/mol. The van der Waals surface area contributed by atoms with E-state index >= 15 is 0 Å². The third kappa shape index (κ3) is 2.40. The number of hydrogen-bond donors (Lipinski definition) is 2. The minimum Gasteiger partial charge on any atom is -0.391 e. The fourth-order valence-electron chi connectivity index (χ4n) is 0.863. The standard InChI is InChI=1S/C8H11IN2O/c1-5(12)8(10)6-2-3-7(9)11-4-6/h2-5,8,12H,10H2,1H3/t5-,8+/m0/s1. The van der Waals surface area contributed by atoms with Gasteiger partial charge in [-0.05, 0) is 41.1 Å². The van der Waals surface area contributed by atoms with E-state index in [1.807, 2.05) is 12.1 Å². The van der Waals surface area contributed by atoms with E-state index in [4.69, 9.17) is 5.73 Å². The summed E-state index contributed by atoms with van der Waals surface area (Å²) in [5, 5.41) is 9.19. The second kappa shape index (κ2) is 4.15.